The van der Waals surface area contributed by atoms with Crippen LogP contribution in [0.1, 0.15) is 39.5 Å². The van der Waals surface area contributed by atoms with Crippen LogP contribution in [0.2, 0.25) is 0 Å². The summed E-state index contributed by atoms with van der Waals surface area (Å²) >= 11 is 1.16. The molecule has 0 unspecified atom stereocenters. The van der Waals surface area contributed by atoms with Crippen LogP contribution in [0.25, 0.3) is 11.5 Å². The average Bonchev–Trinajstić information content (AvgIpc) is 3.22. The summed E-state index contributed by atoms with van der Waals surface area (Å²) in [6.45, 7) is 5.95. The number of nitrogens with one attached hydrogen (secondary N) is 1. The van der Waals surface area contributed by atoms with Crippen LogP contribution in [0.4, 0.5) is 0 Å². The molecule has 1 aromatic heterocycles. The van der Waals surface area contributed by atoms with Crippen LogP contribution >= 0.6 is 11.8 Å². The molecule has 0 radical (unpaired) electrons. The van der Waals surface area contributed by atoms with Crippen LogP contribution < -0.4 is 5.32 Å². The van der Waals surface area contributed by atoms with E-state index in [9.17, 15) is 13.2 Å². The maximum atomic E-state index is 12.9. The number of rotatable bonds is 9. The normalized spacial score (nSPS) is 15.4. The Hall–Kier alpha value is -1.91. The number of carbonyl (C=O) groups is 1. The van der Waals surface area contributed by atoms with Crippen LogP contribution in [0.3, 0.4) is 0 Å². The lowest BCUT2D eigenvalue weighted by molar-refractivity contribution is -0.118. The maximum absolute atomic E-state index is 12.9. The van der Waals surface area contributed by atoms with Gasteiger partial charge in [-0.2, -0.15) is 4.31 Å². The van der Waals surface area contributed by atoms with Gasteiger partial charge in [-0.15, -0.1) is 10.2 Å². The van der Waals surface area contributed by atoms with Crippen LogP contribution in [0, 0.1) is 5.92 Å². The molecule has 0 atom stereocenters. The SMILES string of the molecule is CC(C)CCNC(=O)CSc1nnc(-c2cccc(S(=O)(=O)N3CCCCC3)c2)o1. The zero-order valence-corrected chi connectivity index (χ0v) is 19.0. The number of piperidine rings is 1. The van der Waals surface area contributed by atoms with Gasteiger partial charge in [0.15, 0.2) is 0 Å². The van der Waals surface area contributed by atoms with E-state index >= 15 is 0 Å². The van der Waals surface area contributed by atoms with Crippen LogP contribution in [-0.2, 0) is 14.8 Å². The van der Waals surface area contributed by atoms with Gasteiger partial charge in [-0.1, -0.05) is 38.1 Å². The Labute approximate surface area is 181 Å². The van der Waals surface area contributed by atoms with Crippen molar-refractivity contribution in [1.29, 1.82) is 0 Å². The van der Waals surface area contributed by atoms with E-state index in [1.807, 2.05) is 0 Å². The molecule has 2 heterocycles. The summed E-state index contributed by atoms with van der Waals surface area (Å²) in [5.74, 6) is 0.859. The molecule has 1 amide bonds. The molecule has 0 aliphatic carbocycles. The van der Waals surface area contributed by atoms with Crippen molar-refractivity contribution in [3.63, 3.8) is 0 Å². The third kappa shape index (κ3) is 6.05. The Morgan fingerprint density at radius 2 is 2.00 bits per heavy atom. The molecule has 8 nitrogen and oxygen atoms in total. The minimum atomic E-state index is -3.54. The first-order valence-electron chi connectivity index (χ1n) is 10.2. The summed E-state index contributed by atoms with van der Waals surface area (Å²) in [7, 11) is -3.54. The number of benzene rings is 1. The van der Waals surface area contributed by atoms with E-state index in [0.717, 1.165) is 37.4 Å². The molecular weight excluding hydrogens is 424 g/mol. The minimum absolute atomic E-state index is 0.0879. The smallest absolute Gasteiger partial charge is 0.277 e. The number of hydrogen-bond acceptors (Lipinski definition) is 7. The molecule has 2 aromatic rings. The van der Waals surface area contributed by atoms with E-state index in [0.29, 0.717) is 31.1 Å². The highest BCUT2D eigenvalue weighted by molar-refractivity contribution is 7.99. The highest BCUT2D eigenvalue weighted by atomic mass is 32.2. The molecule has 1 saturated heterocycles. The van der Waals surface area contributed by atoms with Crippen molar-refractivity contribution >= 4 is 27.7 Å². The van der Waals surface area contributed by atoms with E-state index in [-0.39, 0.29) is 27.7 Å². The summed E-state index contributed by atoms with van der Waals surface area (Å²) in [5, 5.41) is 11.1. The summed E-state index contributed by atoms with van der Waals surface area (Å²) in [6.07, 6.45) is 3.75. The second kappa shape index (κ2) is 10.4. The van der Waals surface area contributed by atoms with Gasteiger partial charge < -0.3 is 9.73 Å². The Kier molecular flexibility index (Phi) is 7.90. The summed E-state index contributed by atoms with van der Waals surface area (Å²) < 4.78 is 32.9. The lowest BCUT2D eigenvalue weighted by Gasteiger charge is -2.25. The van der Waals surface area contributed by atoms with Crippen molar-refractivity contribution in [2.24, 2.45) is 5.92 Å². The predicted molar refractivity (Wildman–Crippen MR) is 116 cm³/mol. The highest BCUT2D eigenvalue weighted by Crippen LogP contribution is 2.27. The summed E-state index contributed by atoms with van der Waals surface area (Å²) in [6, 6.07) is 6.55. The number of amides is 1. The topological polar surface area (TPSA) is 105 Å². The predicted octanol–water partition coefficient (Wildman–Crippen LogP) is 3.17. The van der Waals surface area contributed by atoms with Gasteiger partial charge in [0.05, 0.1) is 10.6 Å². The molecular formula is C20H28N4O4S2. The first-order chi connectivity index (χ1) is 14.4. The van der Waals surface area contributed by atoms with Crippen molar-refractivity contribution in [1.82, 2.24) is 19.8 Å². The molecule has 10 heteroatoms. The summed E-state index contributed by atoms with van der Waals surface area (Å²) in [5.41, 5.74) is 0.536. The van der Waals surface area contributed by atoms with E-state index in [4.69, 9.17) is 4.42 Å². The van der Waals surface area contributed by atoms with E-state index < -0.39 is 10.0 Å². The first kappa shape index (κ1) is 22.8. The summed E-state index contributed by atoms with van der Waals surface area (Å²) in [4.78, 5) is 12.1. The molecule has 30 heavy (non-hydrogen) atoms. The van der Waals surface area contributed by atoms with Crippen molar-refractivity contribution in [3.8, 4) is 11.5 Å². The van der Waals surface area contributed by atoms with E-state index in [2.05, 4.69) is 29.4 Å². The van der Waals surface area contributed by atoms with E-state index in [1.165, 1.54) is 4.31 Å². The molecule has 164 valence electrons. The lowest BCUT2D eigenvalue weighted by atomic mass is 10.1. The van der Waals surface area contributed by atoms with Crippen molar-refractivity contribution in [2.75, 3.05) is 25.4 Å². The molecule has 1 aliphatic rings. The zero-order valence-electron chi connectivity index (χ0n) is 17.3. The number of sulfonamides is 1. The molecule has 0 spiro atoms. The Morgan fingerprint density at radius 1 is 1.23 bits per heavy atom. The molecule has 0 saturated carbocycles. The molecule has 1 aromatic carbocycles. The number of thioether (sulfide) groups is 1. The Bertz CT molecular complexity index is 953. The van der Waals surface area contributed by atoms with Gasteiger partial charge in [0, 0.05) is 25.2 Å². The molecule has 1 N–H and O–H groups in total. The maximum Gasteiger partial charge on any atom is 0.277 e. The van der Waals surface area contributed by atoms with Crippen LogP contribution in [0.15, 0.2) is 38.8 Å². The van der Waals surface area contributed by atoms with Crippen LogP contribution in [-0.4, -0.2) is 54.2 Å². The third-order valence-electron chi connectivity index (χ3n) is 4.81. The fourth-order valence-corrected chi connectivity index (χ4v) is 5.26. The van der Waals surface area contributed by atoms with Gasteiger partial charge in [0.2, 0.25) is 21.8 Å². The molecule has 1 fully saturated rings. The lowest BCUT2D eigenvalue weighted by Crippen LogP contribution is -2.35. The van der Waals surface area contributed by atoms with E-state index in [1.54, 1.807) is 24.3 Å². The van der Waals surface area contributed by atoms with Gasteiger partial charge in [-0.3, -0.25) is 4.79 Å². The third-order valence-corrected chi connectivity index (χ3v) is 7.52. The fraction of sp³-hybridized carbons (Fsp3) is 0.550. The molecule has 0 bridgehead atoms. The van der Waals surface area contributed by atoms with Crippen molar-refractivity contribution in [2.45, 2.75) is 49.6 Å². The largest absolute Gasteiger partial charge is 0.411 e. The van der Waals surface area contributed by atoms with Crippen molar-refractivity contribution < 1.29 is 17.6 Å². The molecule has 3 rings (SSSR count). The second-order valence-electron chi connectivity index (χ2n) is 7.69. The second-order valence-corrected chi connectivity index (χ2v) is 10.6. The van der Waals surface area contributed by atoms with Gasteiger partial charge in [0.25, 0.3) is 5.22 Å². The minimum Gasteiger partial charge on any atom is -0.411 e. The Morgan fingerprint density at radius 3 is 2.73 bits per heavy atom. The molecule has 1 aliphatic heterocycles. The first-order valence-corrected chi connectivity index (χ1v) is 12.6. The standard InChI is InChI=1S/C20H28N4O4S2/c1-15(2)9-10-21-18(25)14-29-20-23-22-19(28-20)16-7-6-8-17(13-16)30(26,27)24-11-4-3-5-12-24/h6-8,13,15H,3-5,9-12,14H2,1-2H3,(H,21,25). The number of hydrogen-bond donors (Lipinski definition) is 1. The number of nitrogens with zero attached hydrogens (tertiary/aromatic N) is 3. The average molecular weight is 453 g/mol. The fourth-order valence-electron chi connectivity index (χ4n) is 3.11. The quantitative estimate of drug-likeness (QED) is 0.583. The van der Waals surface area contributed by atoms with Gasteiger partial charge >= 0.3 is 0 Å². The highest BCUT2D eigenvalue weighted by Gasteiger charge is 2.26. The monoisotopic (exact) mass is 452 g/mol. The Balaban J connectivity index is 1.63. The number of carbonyl (C=O) groups excluding carboxylic acids is 1. The zero-order chi connectivity index (χ0) is 21.6. The van der Waals surface area contributed by atoms with Gasteiger partial charge in [0.1, 0.15) is 0 Å². The number of aromatic nitrogens is 2. The van der Waals surface area contributed by atoms with Crippen molar-refractivity contribution in [3.05, 3.63) is 24.3 Å². The van der Waals surface area contributed by atoms with Crippen LogP contribution in [0.5, 0.6) is 0 Å². The van der Waals surface area contributed by atoms with Gasteiger partial charge in [-0.05, 0) is 43.4 Å². The van der Waals surface area contributed by atoms with Gasteiger partial charge in [-0.25, -0.2) is 8.42 Å².